The Hall–Kier alpha value is -6.01. The molecule has 8 rings (SSSR count). The Morgan fingerprint density at radius 1 is 0.442 bits per heavy atom. The van der Waals surface area contributed by atoms with Crippen molar-refractivity contribution in [3.8, 4) is 56.5 Å². The van der Waals surface area contributed by atoms with Crippen LogP contribution in [0.5, 0.6) is 0 Å². The molecule has 4 aromatic carbocycles. The van der Waals surface area contributed by atoms with Crippen molar-refractivity contribution < 1.29 is 4.42 Å². The number of furan rings is 1. The highest BCUT2D eigenvalue weighted by atomic mass is 16.3. The maximum absolute atomic E-state index is 6.21. The van der Waals surface area contributed by atoms with Crippen molar-refractivity contribution in [1.82, 2.24) is 24.9 Å². The van der Waals surface area contributed by atoms with Crippen molar-refractivity contribution in [2.75, 3.05) is 0 Å². The first kappa shape index (κ1) is 24.8. The highest BCUT2D eigenvalue weighted by molar-refractivity contribution is 6.08. The lowest BCUT2D eigenvalue weighted by Gasteiger charge is -2.10. The number of hydrogen-bond donors (Lipinski definition) is 0. The largest absolute Gasteiger partial charge is 0.452 e. The number of pyridine rings is 2. The summed E-state index contributed by atoms with van der Waals surface area (Å²) in [5.41, 5.74) is 8.15. The Bertz CT molecular complexity index is 2190. The second kappa shape index (κ2) is 10.4. The normalized spacial score (nSPS) is 11.3. The van der Waals surface area contributed by atoms with Crippen molar-refractivity contribution in [2.45, 2.75) is 0 Å². The average Bonchev–Trinajstić information content (AvgIpc) is 3.48. The zero-order valence-electron chi connectivity index (χ0n) is 22.9. The molecular weight excluding hydrogens is 530 g/mol. The molecule has 0 aliphatic carbocycles. The molecule has 0 aliphatic rings. The van der Waals surface area contributed by atoms with E-state index in [1.165, 1.54) is 0 Å². The van der Waals surface area contributed by atoms with E-state index in [0.29, 0.717) is 17.5 Å². The molecule has 6 nitrogen and oxygen atoms in total. The van der Waals surface area contributed by atoms with E-state index in [2.05, 4.69) is 35.3 Å². The van der Waals surface area contributed by atoms with Gasteiger partial charge < -0.3 is 4.42 Å². The third kappa shape index (κ3) is 4.61. The van der Waals surface area contributed by atoms with Crippen LogP contribution in [-0.4, -0.2) is 24.9 Å². The summed E-state index contributed by atoms with van der Waals surface area (Å²) in [6, 6.07) is 40.6. The molecule has 8 aromatic rings. The second-order valence-corrected chi connectivity index (χ2v) is 10.2. The van der Waals surface area contributed by atoms with Gasteiger partial charge in [-0.2, -0.15) is 0 Å². The molecule has 0 fully saturated rings. The quantitative estimate of drug-likeness (QED) is 0.212. The van der Waals surface area contributed by atoms with Gasteiger partial charge in [0.05, 0.1) is 6.20 Å². The molecule has 0 N–H and O–H groups in total. The minimum atomic E-state index is 0.619. The molecule has 0 bridgehead atoms. The van der Waals surface area contributed by atoms with Crippen LogP contribution in [-0.2, 0) is 0 Å². The van der Waals surface area contributed by atoms with E-state index in [-0.39, 0.29) is 0 Å². The van der Waals surface area contributed by atoms with E-state index >= 15 is 0 Å². The monoisotopic (exact) mass is 553 g/mol. The standard InChI is InChI=1S/C37H23N5O/c1-3-9-24(10-4-1)35-40-36(25-11-5-2-6-12-25)42-37(41-35)29-16-8-14-27(22-29)26-13-7-15-28(21-26)33-34-31(18-20-39-33)30-17-19-38-23-32(30)43-34/h1-23H. The third-order valence-electron chi connectivity index (χ3n) is 7.48. The van der Waals surface area contributed by atoms with Gasteiger partial charge in [0.15, 0.2) is 28.6 Å². The van der Waals surface area contributed by atoms with Gasteiger partial charge in [-0.05, 0) is 35.4 Å². The molecule has 0 amide bonds. The molecule has 0 aliphatic heterocycles. The van der Waals surface area contributed by atoms with Crippen LogP contribution in [0.4, 0.5) is 0 Å². The van der Waals surface area contributed by atoms with Gasteiger partial charge in [0, 0.05) is 45.4 Å². The molecule has 0 radical (unpaired) electrons. The number of aromatic nitrogens is 5. The van der Waals surface area contributed by atoms with E-state index in [0.717, 1.165) is 61.0 Å². The van der Waals surface area contributed by atoms with E-state index in [9.17, 15) is 0 Å². The third-order valence-corrected chi connectivity index (χ3v) is 7.48. The molecule has 202 valence electrons. The lowest BCUT2D eigenvalue weighted by Crippen LogP contribution is -2.00. The summed E-state index contributed by atoms with van der Waals surface area (Å²) in [4.78, 5) is 23.6. The van der Waals surface area contributed by atoms with Gasteiger partial charge in [0.1, 0.15) is 5.69 Å². The van der Waals surface area contributed by atoms with E-state index in [1.807, 2.05) is 97.2 Å². The maximum Gasteiger partial charge on any atom is 0.164 e. The van der Waals surface area contributed by atoms with Crippen molar-refractivity contribution in [2.24, 2.45) is 0 Å². The Kier molecular flexibility index (Phi) is 6.01. The van der Waals surface area contributed by atoms with Crippen LogP contribution in [0, 0.1) is 0 Å². The Morgan fingerprint density at radius 2 is 0.977 bits per heavy atom. The van der Waals surface area contributed by atoms with Gasteiger partial charge in [0.25, 0.3) is 0 Å². The van der Waals surface area contributed by atoms with E-state index < -0.39 is 0 Å². The molecule has 4 heterocycles. The minimum Gasteiger partial charge on any atom is -0.452 e. The molecule has 0 saturated carbocycles. The van der Waals surface area contributed by atoms with Gasteiger partial charge in [0.2, 0.25) is 0 Å². The summed E-state index contributed by atoms with van der Waals surface area (Å²) >= 11 is 0. The Morgan fingerprint density at radius 3 is 1.65 bits per heavy atom. The lowest BCUT2D eigenvalue weighted by molar-refractivity contribution is 0.666. The van der Waals surface area contributed by atoms with Crippen LogP contribution in [0.3, 0.4) is 0 Å². The van der Waals surface area contributed by atoms with Crippen molar-refractivity contribution in [1.29, 1.82) is 0 Å². The predicted octanol–water partition coefficient (Wildman–Crippen LogP) is 8.90. The van der Waals surface area contributed by atoms with Crippen molar-refractivity contribution in [3.63, 3.8) is 0 Å². The SMILES string of the molecule is c1ccc(-c2nc(-c3ccccc3)nc(-c3cccc(-c4cccc(-c5nccc6c5oc5cnccc56)c4)c3)n2)cc1. The van der Waals surface area contributed by atoms with Crippen molar-refractivity contribution >= 4 is 21.9 Å². The van der Waals surface area contributed by atoms with Crippen LogP contribution >= 0.6 is 0 Å². The first-order valence-electron chi connectivity index (χ1n) is 14.0. The topological polar surface area (TPSA) is 77.6 Å². The maximum atomic E-state index is 6.21. The Balaban J connectivity index is 1.22. The number of rotatable bonds is 5. The summed E-state index contributed by atoms with van der Waals surface area (Å²) in [5.74, 6) is 1.89. The number of benzene rings is 4. The first-order valence-corrected chi connectivity index (χ1v) is 14.0. The van der Waals surface area contributed by atoms with E-state index in [1.54, 1.807) is 12.4 Å². The fourth-order valence-corrected chi connectivity index (χ4v) is 5.38. The molecule has 0 spiro atoms. The summed E-state index contributed by atoms with van der Waals surface area (Å²) in [6.45, 7) is 0. The van der Waals surface area contributed by atoms with Gasteiger partial charge >= 0.3 is 0 Å². The van der Waals surface area contributed by atoms with Crippen molar-refractivity contribution in [3.05, 3.63) is 140 Å². The molecule has 43 heavy (non-hydrogen) atoms. The molecular formula is C37H23N5O. The molecule has 0 unspecified atom stereocenters. The van der Waals surface area contributed by atoms with Crippen LogP contribution < -0.4 is 0 Å². The molecule has 0 atom stereocenters. The second-order valence-electron chi connectivity index (χ2n) is 10.2. The summed E-state index contributed by atoms with van der Waals surface area (Å²) in [5, 5.41) is 2.05. The zero-order chi connectivity index (χ0) is 28.6. The highest BCUT2D eigenvalue weighted by Crippen LogP contribution is 2.36. The van der Waals surface area contributed by atoms with Crippen LogP contribution in [0.1, 0.15) is 0 Å². The Labute approximate surface area is 247 Å². The molecule has 0 saturated heterocycles. The van der Waals surface area contributed by atoms with Crippen LogP contribution in [0.25, 0.3) is 78.5 Å². The smallest absolute Gasteiger partial charge is 0.164 e. The van der Waals surface area contributed by atoms with Crippen LogP contribution in [0.2, 0.25) is 0 Å². The highest BCUT2D eigenvalue weighted by Gasteiger charge is 2.15. The number of fused-ring (bicyclic) bond motifs is 3. The summed E-state index contributed by atoms with van der Waals surface area (Å²) in [6.07, 6.45) is 5.35. The van der Waals surface area contributed by atoms with Gasteiger partial charge in [-0.3, -0.25) is 9.97 Å². The first-order chi connectivity index (χ1) is 21.3. The van der Waals surface area contributed by atoms with Gasteiger partial charge in [-0.1, -0.05) is 97.1 Å². The van der Waals surface area contributed by atoms with Crippen LogP contribution in [0.15, 0.2) is 144 Å². The molecule has 6 heteroatoms. The summed E-state index contributed by atoms with van der Waals surface area (Å²) in [7, 11) is 0. The average molecular weight is 554 g/mol. The van der Waals surface area contributed by atoms with E-state index in [4.69, 9.17) is 24.4 Å². The predicted molar refractivity (Wildman–Crippen MR) is 170 cm³/mol. The lowest BCUT2D eigenvalue weighted by atomic mass is 9.99. The fraction of sp³-hybridized carbons (Fsp3) is 0. The van der Waals surface area contributed by atoms with Gasteiger partial charge in [-0.25, -0.2) is 15.0 Å². The fourth-order valence-electron chi connectivity index (χ4n) is 5.38. The van der Waals surface area contributed by atoms with Gasteiger partial charge in [-0.15, -0.1) is 0 Å². The number of nitrogens with zero attached hydrogens (tertiary/aromatic N) is 5. The minimum absolute atomic E-state index is 0.619. The number of hydrogen-bond acceptors (Lipinski definition) is 6. The summed E-state index contributed by atoms with van der Waals surface area (Å²) < 4.78 is 6.21. The zero-order valence-corrected chi connectivity index (χ0v) is 22.9. The molecule has 4 aromatic heterocycles.